The van der Waals surface area contributed by atoms with Crippen LogP contribution in [0.1, 0.15) is 61.2 Å². The first kappa shape index (κ1) is 18.0. The Morgan fingerprint density at radius 3 is 2.52 bits per heavy atom. The summed E-state index contributed by atoms with van der Waals surface area (Å²) < 4.78 is 0. The predicted octanol–water partition coefficient (Wildman–Crippen LogP) is 3.14. The van der Waals surface area contributed by atoms with E-state index in [-0.39, 0.29) is 12.5 Å². The zero-order valence-corrected chi connectivity index (χ0v) is 15.6. The molecule has 0 radical (unpaired) electrons. The van der Waals surface area contributed by atoms with E-state index in [4.69, 9.17) is 5.73 Å². The molecule has 1 heterocycles. The molecule has 0 aromatic carbocycles. The SMILES string of the molecule is CC(C)(CNC(=O)c1cc2c(s1)CCC(C(C)(C)C)C2)C(N)=O. The van der Waals surface area contributed by atoms with Crippen molar-refractivity contribution in [3.05, 3.63) is 21.4 Å². The zero-order chi connectivity index (χ0) is 17.4. The van der Waals surface area contributed by atoms with Crippen molar-refractivity contribution in [1.29, 1.82) is 0 Å². The molecule has 4 nitrogen and oxygen atoms in total. The molecule has 1 aromatic heterocycles. The number of aryl methyl sites for hydroxylation is 1. The average Bonchev–Trinajstić information content (AvgIpc) is 2.86. The predicted molar refractivity (Wildman–Crippen MR) is 94.6 cm³/mol. The summed E-state index contributed by atoms with van der Waals surface area (Å²) in [7, 11) is 0. The second-order valence-corrected chi connectivity index (χ2v) is 9.43. The van der Waals surface area contributed by atoms with Crippen LogP contribution in [0.5, 0.6) is 0 Å². The molecule has 2 amide bonds. The highest BCUT2D eigenvalue weighted by atomic mass is 32.1. The van der Waals surface area contributed by atoms with Gasteiger partial charge in [0.2, 0.25) is 5.91 Å². The highest BCUT2D eigenvalue weighted by Gasteiger charge is 2.31. The van der Waals surface area contributed by atoms with Crippen molar-refractivity contribution in [1.82, 2.24) is 5.32 Å². The van der Waals surface area contributed by atoms with Crippen LogP contribution in [0.2, 0.25) is 0 Å². The van der Waals surface area contributed by atoms with Crippen LogP contribution in [0.15, 0.2) is 6.07 Å². The summed E-state index contributed by atoms with van der Waals surface area (Å²) in [5, 5.41) is 2.84. The van der Waals surface area contributed by atoms with E-state index in [9.17, 15) is 9.59 Å². The molecule has 1 atom stereocenters. The minimum absolute atomic E-state index is 0.106. The van der Waals surface area contributed by atoms with Crippen LogP contribution in [0.3, 0.4) is 0 Å². The summed E-state index contributed by atoms with van der Waals surface area (Å²) in [5.74, 6) is 0.150. The fraction of sp³-hybridized carbons (Fsp3) is 0.667. The third-order valence-corrected chi connectivity index (χ3v) is 6.13. The number of fused-ring (bicyclic) bond motifs is 1. The van der Waals surface area contributed by atoms with E-state index in [2.05, 4.69) is 26.1 Å². The highest BCUT2D eigenvalue weighted by Crippen LogP contribution is 2.40. The Bertz CT molecular complexity index is 611. The van der Waals surface area contributed by atoms with Crippen LogP contribution in [0.25, 0.3) is 0 Å². The van der Waals surface area contributed by atoms with Gasteiger partial charge in [-0.1, -0.05) is 20.8 Å². The van der Waals surface area contributed by atoms with E-state index >= 15 is 0 Å². The highest BCUT2D eigenvalue weighted by molar-refractivity contribution is 7.14. The molecule has 2 rings (SSSR count). The molecule has 0 bridgehead atoms. The van der Waals surface area contributed by atoms with Crippen molar-refractivity contribution >= 4 is 23.2 Å². The molecule has 0 saturated carbocycles. The molecule has 1 aliphatic carbocycles. The summed E-state index contributed by atoms with van der Waals surface area (Å²) in [5.41, 5.74) is 6.23. The van der Waals surface area contributed by atoms with Crippen LogP contribution < -0.4 is 11.1 Å². The number of hydrogen-bond acceptors (Lipinski definition) is 3. The quantitative estimate of drug-likeness (QED) is 0.886. The van der Waals surface area contributed by atoms with E-state index in [1.807, 2.05) is 6.07 Å². The standard InChI is InChI=1S/C18H28N2O2S/c1-17(2,3)12-6-7-13-11(8-12)9-14(23-13)15(21)20-10-18(4,5)16(19)22/h9,12H,6-8,10H2,1-5H3,(H2,19,22)(H,20,21). The largest absolute Gasteiger partial charge is 0.369 e. The Hall–Kier alpha value is -1.36. The summed E-state index contributed by atoms with van der Waals surface area (Å²) >= 11 is 1.59. The van der Waals surface area contributed by atoms with Gasteiger partial charge in [0, 0.05) is 11.4 Å². The Labute approximate surface area is 142 Å². The first-order valence-electron chi connectivity index (χ1n) is 8.20. The first-order valence-corrected chi connectivity index (χ1v) is 9.02. The second kappa shape index (κ2) is 6.27. The van der Waals surface area contributed by atoms with Crippen LogP contribution >= 0.6 is 11.3 Å². The number of carbonyl (C=O) groups excluding carboxylic acids is 2. The number of rotatable bonds is 4. The lowest BCUT2D eigenvalue weighted by Gasteiger charge is -2.33. The molecule has 23 heavy (non-hydrogen) atoms. The Morgan fingerprint density at radius 1 is 1.30 bits per heavy atom. The molecule has 1 aliphatic rings. The van der Waals surface area contributed by atoms with E-state index in [0.717, 1.165) is 17.7 Å². The lowest BCUT2D eigenvalue weighted by Crippen LogP contribution is -2.42. The topological polar surface area (TPSA) is 72.2 Å². The molecule has 0 aliphatic heterocycles. The van der Waals surface area contributed by atoms with Gasteiger partial charge in [-0.25, -0.2) is 0 Å². The van der Waals surface area contributed by atoms with Crippen molar-refractivity contribution in [2.45, 2.75) is 53.9 Å². The van der Waals surface area contributed by atoms with Crippen LogP contribution in [-0.4, -0.2) is 18.4 Å². The summed E-state index contributed by atoms with van der Waals surface area (Å²) in [6.45, 7) is 10.6. The lowest BCUT2D eigenvalue weighted by molar-refractivity contribution is -0.125. The van der Waals surface area contributed by atoms with Crippen molar-refractivity contribution in [2.24, 2.45) is 22.5 Å². The average molecular weight is 337 g/mol. The number of nitrogens with one attached hydrogen (secondary N) is 1. The molecular formula is C18H28N2O2S. The molecule has 128 valence electrons. The zero-order valence-electron chi connectivity index (χ0n) is 14.8. The third-order valence-electron chi connectivity index (χ3n) is 4.89. The smallest absolute Gasteiger partial charge is 0.261 e. The van der Waals surface area contributed by atoms with E-state index in [1.54, 1.807) is 25.2 Å². The van der Waals surface area contributed by atoms with Gasteiger partial charge in [0.15, 0.2) is 0 Å². The van der Waals surface area contributed by atoms with E-state index in [1.165, 1.54) is 16.9 Å². The molecule has 0 saturated heterocycles. The summed E-state index contributed by atoms with van der Waals surface area (Å²) in [4.78, 5) is 25.8. The fourth-order valence-electron chi connectivity index (χ4n) is 2.85. The van der Waals surface area contributed by atoms with Gasteiger partial charge in [-0.15, -0.1) is 11.3 Å². The number of hydrogen-bond donors (Lipinski definition) is 2. The van der Waals surface area contributed by atoms with Gasteiger partial charge in [0.05, 0.1) is 10.3 Å². The number of primary amides is 1. The molecule has 5 heteroatoms. The molecular weight excluding hydrogens is 308 g/mol. The Kier molecular flexibility index (Phi) is 4.90. The molecule has 0 spiro atoms. The molecule has 1 unspecified atom stereocenters. The minimum Gasteiger partial charge on any atom is -0.369 e. The van der Waals surface area contributed by atoms with Crippen LogP contribution in [-0.2, 0) is 17.6 Å². The van der Waals surface area contributed by atoms with Gasteiger partial charge in [0.1, 0.15) is 0 Å². The Morgan fingerprint density at radius 2 is 1.96 bits per heavy atom. The molecule has 3 N–H and O–H groups in total. The number of amides is 2. The van der Waals surface area contributed by atoms with Crippen LogP contribution in [0.4, 0.5) is 0 Å². The number of nitrogens with two attached hydrogens (primary N) is 1. The monoisotopic (exact) mass is 336 g/mol. The summed E-state index contributed by atoms with van der Waals surface area (Å²) in [6.07, 6.45) is 3.30. The fourth-order valence-corrected chi connectivity index (χ4v) is 3.98. The Balaban J connectivity index is 2.05. The normalized spacial score (nSPS) is 18.4. The summed E-state index contributed by atoms with van der Waals surface area (Å²) in [6, 6.07) is 2.03. The van der Waals surface area contributed by atoms with Crippen molar-refractivity contribution in [3.8, 4) is 0 Å². The maximum absolute atomic E-state index is 12.4. The maximum Gasteiger partial charge on any atom is 0.261 e. The molecule has 0 fully saturated rings. The van der Waals surface area contributed by atoms with Crippen molar-refractivity contribution in [3.63, 3.8) is 0 Å². The van der Waals surface area contributed by atoms with Gasteiger partial charge in [-0.05, 0) is 56.1 Å². The van der Waals surface area contributed by atoms with Crippen molar-refractivity contribution < 1.29 is 9.59 Å². The third kappa shape index (κ3) is 4.14. The van der Waals surface area contributed by atoms with E-state index in [0.29, 0.717) is 11.3 Å². The number of thiophene rings is 1. The van der Waals surface area contributed by atoms with Gasteiger partial charge < -0.3 is 11.1 Å². The van der Waals surface area contributed by atoms with Gasteiger partial charge in [0.25, 0.3) is 5.91 Å². The van der Waals surface area contributed by atoms with Gasteiger partial charge in [-0.3, -0.25) is 9.59 Å². The second-order valence-electron chi connectivity index (χ2n) is 8.30. The van der Waals surface area contributed by atoms with Crippen molar-refractivity contribution in [2.75, 3.05) is 6.54 Å². The van der Waals surface area contributed by atoms with Gasteiger partial charge >= 0.3 is 0 Å². The molecule has 1 aromatic rings. The van der Waals surface area contributed by atoms with Gasteiger partial charge in [-0.2, -0.15) is 0 Å². The number of carbonyl (C=O) groups is 2. The van der Waals surface area contributed by atoms with Crippen LogP contribution in [0, 0.1) is 16.7 Å². The first-order chi connectivity index (χ1) is 10.5. The van der Waals surface area contributed by atoms with E-state index < -0.39 is 11.3 Å². The maximum atomic E-state index is 12.4. The lowest BCUT2D eigenvalue weighted by atomic mass is 9.72. The minimum atomic E-state index is -0.732.